The molecule has 3 rings (SSSR count). The van der Waals surface area contributed by atoms with Crippen LogP contribution in [0.15, 0.2) is 28.4 Å². The monoisotopic (exact) mass is 458 g/mol. The molecule has 1 aliphatic heterocycles. The zero-order valence-electron chi connectivity index (χ0n) is 19.9. The summed E-state index contributed by atoms with van der Waals surface area (Å²) < 4.78 is 16.1. The molecule has 1 aromatic carbocycles. The fraction of sp³-hybridized carbons (Fsp3) is 0.542. The molecule has 0 spiro atoms. The van der Waals surface area contributed by atoms with Gasteiger partial charge in [0.25, 0.3) is 5.69 Å². The first-order valence-electron chi connectivity index (χ1n) is 10.9. The lowest BCUT2D eigenvalue weighted by Gasteiger charge is -2.38. The highest BCUT2D eigenvalue weighted by atomic mass is 16.6. The Balaban J connectivity index is 2.31. The minimum atomic E-state index is -0.961. The summed E-state index contributed by atoms with van der Waals surface area (Å²) in [6, 6.07) is 2.75. The number of nitro groups is 1. The molecule has 0 saturated carbocycles. The van der Waals surface area contributed by atoms with Gasteiger partial charge in [-0.25, -0.2) is 0 Å². The second kappa shape index (κ2) is 9.33. The van der Waals surface area contributed by atoms with Crippen LogP contribution < -0.4 is 9.47 Å². The predicted molar refractivity (Wildman–Crippen MR) is 122 cm³/mol. The van der Waals surface area contributed by atoms with Crippen LogP contribution in [0.2, 0.25) is 0 Å². The van der Waals surface area contributed by atoms with E-state index in [4.69, 9.17) is 14.2 Å². The van der Waals surface area contributed by atoms with E-state index >= 15 is 0 Å². The summed E-state index contributed by atoms with van der Waals surface area (Å²) in [7, 11) is 2.81. The number of aliphatic imine (C=N–C) groups is 1. The van der Waals surface area contributed by atoms with Gasteiger partial charge in [-0.2, -0.15) is 0 Å². The molecule has 1 aliphatic carbocycles. The Morgan fingerprint density at radius 2 is 1.85 bits per heavy atom. The van der Waals surface area contributed by atoms with E-state index in [9.17, 15) is 19.7 Å². The van der Waals surface area contributed by atoms with Crippen LogP contribution in [0.1, 0.15) is 58.4 Å². The summed E-state index contributed by atoms with van der Waals surface area (Å²) in [5, 5.41) is 12.1. The molecule has 2 aliphatic rings. The highest BCUT2D eigenvalue weighted by Gasteiger charge is 2.48. The zero-order chi connectivity index (χ0) is 24.5. The van der Waals surface area contributed by atoms with Gasteiger partial charge in [0.05, 0.1) is 31.8 Å². The third-order valence-corrected chi connectivity index (χ3v) is 6.07. The molecule has 178 valence electrons. The first-order valence-corrected chi connectivity index (χ1v) is 10.9. The van der Waals surface area contributed by atoms with Crippen LogP contribution in [0, 0.1) is 21.4 Å². The van der Waals surface area contributed by atoms with Crippen molar-refractivity contribution in [3.05, 3.63) is 39.1 Å². The maximum atomic E-state index is 13.4. The number of carbonyl (C=O) groups excluding carboxylic acids is 2. The van der Waals surface area contributed by atoms with Crippen molar-refractivity contribution in [3.63, 3.8) is 0 Å². The Kier molecular flexibility index (Phi) is 6.90. The first-order chi connectivity index (χ1) is 15.5. The third kappa shape index (κ3) is 4.62. The van der Waals surface area contributed by atoms with Gasteiger partial charge in [0, 0.05) is 34.9 Å². The van der Waals surface area contributed by atoms with E-state index in [1.165, 1.54) is 26.4 Å². The summed E-state index contributed by atoms with van der Waals surface area (Å²) in [5.74, 6) is -2.14. The van der Waals surface area contributed by atoms with Gasteiger partial charge in [-0.1, -0.05) is 20.8 Å². The molecular formula is C24H30N2O7. The Morgan fingerprint density at radius 1 is 1.21 bits per heavy atom. The molecule has 1 heterocycles. The predicted octanol–water partition coefficient (Wildman–Crippen LogP) is 4.38. The van der Waals surface area contributed by atoms with E-state index < -0.39 is 22.7 Å². The topological polar surface area (TPSA) is 117 Å². The normalized spacial score (nSPS) is 21.8. The summed E-state index contributed by atoms with van der Waals surface area (Å²) >= 11 is 0. The molecule has 33 heavy (non-hydrogen) atoms. The maximum absolute atomic E-state index is 13.4. The van der Waals surface area contributed by atoms with Gasteiger partial charge in [0.15, 0.2) is 17.3 Å². The van der Waals surface area contributed by atoms with Crippen molar-refractivity contribution in [1.82, 2.24) is 0 Å². The van der Waals surface area contributed by atoms with Crippen LogP contribution in [0.4, 0.5) is 5.69 Å². The molecule has 0 amide bonds. The molecule has 0 saturated heterocycles. The first kappa shape index (κ1) is 24.4. The molecule has 0 fully saturated rings. The Labute approximate surface area is 193 Å². The summed E-state index contributed by atoms with van der Waals surface area (Å²) in [6.07, 6.45) is 1.41. The zero-order valence-corrected chi connectivity index (χ0v) is 19.9. The van der Waals surface area contributed by atoms with Gasteiger partial charge in [0.1, 0.15) is 5.92 Å². The van der Waals surface area contributed by atoms with Crippen LogP contribution in [0.3, 0.4) is 0 Å². The third-order valence-electron chi connectivity index (χ3n) is 6.07. The van der Waals surface area contributed by atoms with Crippen molar-refractivity contribution >= 4 is 23.2 Å². The SMILES string of the molecule is CCCOC(=O)C1C(C)=NC2=C(C(=O)CC(C)(C)C2)[C@@H]1c1cc(OC)c(OC)cc1[N+](=O)[O-]. The molecule has 1 aromatic rings. The maximum Gasteiger partial charge on any atom is 0.315 e. The lowest BCUT2D eigenvalue weighted by Crippen LogP contribution is -2.39. The molecule has 0 N–H and O–H groups in total. The van der Waals surface area contributed by atoms with E-state index in [2.05, 4.69) is 4.99 Å². The van der Waals surface area contributed by atoms with Crippen molar-refractivity contribution < 1.29 is 28.7 Å². The number of allylic oxidation sites excluding steroid dienone is 2. The fourth-order valence-electron chi connectivity index (χ4n) is 4.67. The van der Waals surface area contributed by atoms with Gasteiger partial charge in [0.2, 0.25) is 0 Å². The number of benzene rings is 1. The van der Waals surface area contributed by atoms with Crippen LogP contribution in [0.5, 0.6) is 11.5 Å². The lowest BCUT2D eigenvalue weighted by atomic mass is 9.66. The molecule has 0 aromatic heterocycles. The molecule has 9 heteroatoms. The number of ether oxygens (including phenoxy) is 3. The van der Waals surface area contributed by atoms with Crippen molar-refractivity contribution in [3.8, 4) is 11.5 Å². The number of nitro benzene ring substituents is 1. The van der Waals surface area contributed by atoms with Crippen LogP contribution in [0.25, 0.3) is 0 Å². The number of hydrogen-bond acceptors (Lipinski definition) is 8. The van der Waals surface area contributed by atoms with Gasteiger partial charge in [-0.05, 0) is 31.2 Å². The Hall–Kier alpha value is -3.23. The quantitative estimate of drug-likeness (QED) is 0.338. The molecule has 1 unspecified atom stereocenters. The van der Waals surface area contributed by atoms with Crippen LogP contribution >= 0.6 is 0 Å². The second-order valence-corrected chi connectivity index (χ2v) is 9.20. The highest BCUT2D eigenvalue weighted by molar-refractivity contribution is 6.09. The number of nitrogens with zero attached hydrogens (tertiary/aromatic N) is 2. The van der Waals surface area contributed by atoms with E-state index in [0.29, 0.717) is 29.8 Å². The van der Waals surface area contributed by atoms with Crippen LogP contribution in [-0.4, -0.2) is 43.2 Å². The minimum absolute atomic E-state index is 0.167. The number of hydrogen-bond donors (Lipinski definition) is 0. The number of Topliss-reactive ketones (excluding diaryl/α,β-unsaturated/α-hetero) is 1. The van der Waals surface area contributed by atoms with E-state index in [1.54, 1.807) is 6.92 Å². The number of esters is 1. The molecular weight excluding hydrogens is 428 g/mol. The van der Waals surface area contributed by atoms with Crippen LogP contribution in [-0.2, 0) is 14.3 Å². The summed E-state index contributed by atoms with van der Waals surface area (Å²) in [6.45, 7) is 7.74. The number of methoxy groups -OCH3 is 2. The Bertz CT molecular complexity index is 1060. The smallest absolute Gasteiger partial charge is 0.315 e. The summed E-state index contributed by atoms with van der Waals surface area (Å²) in [4.78, 5) is 42.7. The van der Waals surface area contributed by atoms with E-state index in [1.807, 2.05) is 20.8 Å². The van der Waals surface area contributed by atoms with E-state index in [0.717, 1.165) is 0 Å². The lowest BCUT2D eigenvalue weighted by molar-refractivity contribution is -0.385. The van der Waals surface area contributed by atoms with E-state index in [-0.39, 0.29) is 47.0 Å². The van der Waals surface area contributed by atoms with Crippen molar-refractivity contribution in [2.75, 3.05) is 20.8 Å². The standard InChI is InChI=1S/C24H30N2O7/c1-7-8-33-23(28)20-13(2)25-15-11-24(3,4)12-17(27)22(15)21(20)14-9-18(31-5)19(32-6)10-16(14)26(29)30/h9-10,20-21H,7-8,11-12H2,1-6H3/t20?,21-/m1/s1. The summed E-state index contributed by atoms with van der Waals surface area (Å²) in [5.41, 5.74) is 1.02. The second-order valence-electron chi connectivity index (χ2n) is 9.20. The number of carbonyl (C=O) groups is 2. The minimum Gasteiger partial charge on any atom is -0.493 e. The average molecular weight is 459 g/mol. The van der Waals surface area contributed by atoms with Gasteiger partial charge >= 0.3 is 5.97 Å². The number of ketones is 1. The van der Waals surface area contributed by atoms with Gasteiger partial charge in [-0.3, -0.25) is 24.7 Å². The Morgan fingerprint density at radius 3 is 2.42 bits per heavy atom. The number of rotatable bonds is 7. The van der Waals surface area contributed by atoms with Gasteiger partial charge in [-0.15, -0.1) is 0 Å². The van der Waals surface area contributed by atoms with Gasteiger partial charge < -0.3 is 14.2 Å². The average Bonchev–Trinajstić information content (AvgIpc) is 2.74. The molecule has 9 nitrogen and oxygen atoms in total. The van der Waals surface area contributed by atoms with Crippen molar-refractivity contribution in [2.24, 2.45) is 16.3 Å². The molecule has 0 radical (unpaired) electrons. The van der Waals surface area contributed by atoms with Crippen molar-refractivity contribution in [1.29, 1.82) is 0 Å². The highest BCUT2D eigenvalue weighted by Crippen LogP contribution is 2.51. The molecule has 2 atom stereocenters. The molecule has 0 bridgehead atoms. The van der Waals surface area contributed by atoms with Crippen molar-refractivity contribution in [2.45, 2.75) is 52.9 Å². The largest absolute Gasteiger partial charge is 0.493 e. The fourth-order valence-corrected chi connectivity index (χ4v) is 4.67.